The Kier molecular flexibility index (Phi) is 16.5. The number of aliphatic hydroxyl groups is 2. The summed E-state index contributed by atoms with van der Waals surface area (Å²) in [4.78, 5) is 24.0. The molecule has 0 spiro atoms. The molecule has 0 aliphatic rings. The first kappa shape index (κ1) is 27.2. The average Bonchev–Trinajstić information content (AvgIpc) is 3.27. The molecule has 2 N–H and O–H groups in total. The van der Waals surface area contributed by atoms with Crippen molar-refractivity contribution in [2.45, 2.75) is 89.9 Å². The maximum atomic E-state index is 12.0. The van der Waals surface area contributed by atoms with Crippen LogP contribution in [0.5, 0.6) is 0 Å². The second kappa shape index (κ2) is 18.9. The molecule has 0 unspecified atom stereocenters. The fourth-order valence-corrected chi connectivity index (χ4v) is 3.22. The number of unbranched alkanes of at least 4 members (excludes halogenated alkanes) is 12. The molecule has 0 saturated heterocycles. The van der Waals surface area contributed by atoms with Gasteiger partial charge in [0, 0.05) is 13.2 Å². The number of furan rings is 1. The smallest absolute Gasteiger partial charge is 0.374 e. The van der Waals surface area contributed by atoms with Crippen LogP contribution in [0.2, 0.25) is 0 Å². The molecule has 0 amide bonds. The highest BCUT2D eigenvalue weighted by Crippen LogP contribution is 2.13. The predicted octanol–water partition coefficient (Wildman–Crippen LogP) is 5.04. The third-order valence-electron chi connectivity index (χ3n) is 5.08. The largest absolute Gasteiger partial charge is 0.460 e. The first-order valence-corrected chi connectivity index (χ1v) is 11.8. The lowest BCUT2D eigenvalue weighted by Gasteiger charge is -2.04. The summed E-state index contributed by atoms with van der Waals surface area (Å²) < 4.78 is 15.7. The lowest BCUT2D eigenvalue weighted by atomic mass is 10.1. The van der Waals surface area contributed by atoms with Gasteiger partial charge in [-0.2, -0.15) is 0 Å². The molecule has 178 valence electrons. The number of hydrogen-bond donors (Lipinski definition) is 2. The van der Waals surface area contributed by atoms with Crippen molar-refractivity contribution in [2.24, 2.45) is 0 Å². The first-order chi connectivity index (χ1) is 15.2. The Morgan fingerprint density at radius 2 is 0.903 bits per heavy atom. The fraction of sp³-hybridized carbons (Fsp3) is 0.750. The van der Waals surface area contributed by atoms with Crippen LogP contribution >= 0.6 is 0 Å². The fourth-order valence-electron chi connectivity index (χ4n) is 3.22. The van der Waals surface area contributed by atoms with Gasteiger partial charge in [0.05, 0.1) is 13.2 Å². The molecule has 31 heavy (non-hydrogen) atoms. The maximum absolute atomic E-state index is 12.0. The van der Waals surface area contributed by atoms with Crippen molar-refractivity contribution in [2.75, 3.05) is 26.4 Å². The molecular formula is C24H40O7. The van der Waals surface area contributed by atoms with Gasteiger partial charge in [0.1, 0.15) is 0 Å². The van der Waals surface area contributed by atoms with Crippen LogP contribution < -0.4 is 0 Å². The minimum atomic E-state index is -0.566. The van der Waals surface area contributed by atoms with Gasteiger partial charge in [-0.3, -0.25) is 0 Å². The number of ether oxygens (including phenoxy) is 2. The third-order valence-corrected chi connectivity index (χ3v) is 5.08. The minimum Gasteiger partial charge on any atom is -0.460 e. The van der Waals surface area contributed by atoms with Gasteiger partial charge in [-0.05, 0) is 37.8 Å². The van der Waals surface area contributed by atoms with Crippen molar-refractivity contribution in [3.05, 3.63) is 23.7 Å². The van der Waals surface area contributed by atoms with Gasteiger partial charge in [-0.15, -0.1) is 0 Å². The van der Waals surface area contributed by atoms with Crippen molar-refractivity contribution in [3.63, 3.8) is 0 Å². The van der Waals surface area contributed by atoms with Crippen molar-refractivity contribution in [1.29, 1.82) is 0 Å². The van der Waals surface area contributed by atoms with E-state index in [2.05, 4.69) is 0 Å². The van der Waals surface area contributed by atoms with Crippen molar-refractivity contribution < 1.29 is 33.7 Å². The Morgan fingerprint density at radius 3 is 1.26 bits per heavy atom. The highest BCUT2D eigenvalue weighted by molar-refractivity contribution is 5.90. The van der Waals surface area contributed by atoms with E-state index in [4.69, 9.17) is 24.1 Å². The Balaban J connectivity index is 2.08. The first-order valence-electron chi connectivity index (χ1n) is 11.8. The standard InChI is InChI=1S/C24H40O7/c25-17-11-7-3-1-5-9-13-19-29-23(27)21-15-16-22(31-21)24(28)30-20-14-10-6-2-4-8-12-18-26/h15-16,25-26H,1-14,17-20H2. The number of rotatable bonds is 20. The summed E-state index contributed by atoms with van der Waals surface area (Å²) in [6.45, 7) is 1.18. The zero-order chi connectivity index (χ0) is 22.6. The SMILES string of the molecule is O=C(OCCCCCCCCCO)c1ccc(C(=O)OCCCCCCCCCO)o1. The summed E-state index contributed by atoms with van der Waals surface area (Å²) in [6, 6.07) is 2.87. The molecule has 0 bridgehead atoms. The summed E-state index contributed by atoms with van der Waals surface area (Å²) >= 11 is 0. The molecule has 1 aromatic rings. The van der Waals surface area contributed by atoms with Crippen LogP contribution in [0.1, 0.15) is 111 Å². The van der Waals surface area contributed by atoms with Crippen LogP contribution in [0, 0.1) is 0 Å². The van der Waals surface area contributed by atoms with Crippen LogP contribution in [-0.4, -0.2) is 48.6 Å². The molecule has 0 radical (unpaired) electrons. The van der Waals surface area contributed by atoms with Crippen LogP contribution in [0.3, 0.4) is 0 Å². The predicted molar refractivity (Wildman–Crippen MR) is 118 cm³/mol. The maximum Gasteiger partial charge on any atom is 0.374 e. The van der Waals surface area contributed by atoms with Crippen molar-refractivity contribution >= 4 is 11.9 Å². The van der Waals surface area contributed by atoms with E-state index in [1.165, 1.54) is 12.1 Å². The molecular weight excluding hydrogens is 400 g/mol. The molecule has 0 aliphatic carbocycles. The number of hydrogen-bond acceptors (Lipinski definition) is 7. The molecule has 1 heterocycles. The van der Waals surface area contributed by atoms with E-state index in [0.29, 0.717) is 13.2 Å². The van der Waals surface area contributed by atoms with E-state index in [0.717, 1.165) is 89.9 Å². The Labute approximate surface area is 186 Å². The van der Waals surface area contributed by atoms with Crippen LogP contribution in [0.4, 0.5) is 0 Å². The molecule has 0 fully saturated rings. The van der Waals surface area contributed by atoms with Gasteiger partial charge in [0.15, 0.2) is 0 Å². The summed E-state index contributed by atoms with van der Waals surface area (Å²) in [5.41, 5.74) is 0. The van der Waals surface area contributed by atoms with Crippen LogP contribution in [0.15, 0.2) is 16.5 Å². The third kappa shape index (κ3) is 13.9. The van der Waals surface area contributed by atoms with Gasteiger partial charge < -0.3 is 24.1 Å². The topological polar surface area (TPSA) is 106 Å². The number of aliphatic hydroxyl groups excluding tert-OH is 2. The Hall–Kier alpha value is -1.86. The van der Waals surface area contributed by atoms with E-state index in [1.807, 2.05) is 0 Å². The Morgan fingerprint density at radius 1 is 0.581 bits per heavy atom. The second-order valence-corrected chi connectivity index (χ2v) is 7.83. The van der Waals surface area contributed by atoms with E-state index in [-0.39, 0.29) is 24.7 Å². The van der Waals surface area contributed by atoms with Crippen molar-refractivity contribution in [3.8, 4) is 0 Å². The molecule has 1 rings (SSSR count). The van der Waals surface area contributed by atoms with E-state index >= 15 is 0 Å². The number of esters is 2. The van der Waals surface area contributed by atoms with Gasteiger partial charge in [-0.1, -0.05) is 64.2 Å². The number of carbonyl (C=O) groups is 2. The van der Waals surface area contributed by atoms with Crippen LogP contribution in [-0.2, 0) is 9.47 Å². The zero-order valence-corrected chi connectivity index (χ0v) is 18.8. The molecule has 7 heteroatoms. The van der Waals surface area contributed by atoms with Gasteiger partial charge in [0.2, 0.25) is 11.5 Å². The van der Waals surface area contributed by atoms with E-state index < -0.39 is 11.9 Å². The normalized spacial score (nSPS) is 10.9. The zero-order valence-electron chi connectivity index (χ0n) is 18.8. The molecule has 0 aromatic carbocycles. The highest BCUT2D eigenvalue weighted by Gasteiger charge is 2.17. The number of carbonyl (C=O) groups excluding carboxylic acids is 2. The summed E-state index contributed by atoms with van der Waals surface area (Å²) in [5, 5.41) is 17.4. The molecule has 0 atom stereocenters. The molecule has 0 aliphatic heterocycles. The average molecular weight is 441 g/mol. The molecule has 0 saturated carbocycles. The lowest BCUT2D eigenvalue weighted by molar-refractivity contribution is 0.0427. The van der Waals surface area contributed by atoms with E-state index in [9.17, 15) is 9.59 Å². The molecule has 1 aromatic heterocycles. The Bertz CT molecular complexity index is 534. The minimum absolute atomic E-state index is 0.0128. The quantitative estimate of drug-likeness (QED) is 0.216. The van der Waals surface area contributed by atoms with Crippen molar-refractivity contribution in [1.82, 2.24) is 0 Å². The van der Waals surface area contributed by atoms with E-state index in [1.54, 1.807) is 0 Å². The van der Waals surface area contributed by atoms with Gasteiger partial charge >= 0.3 is 11.9 Å². The highest BCUT2D eigenvalue weighted by atomic mass is 16.6. The second-order valence-electron chi connectivity index (χ2n) is 7.83. The monoisotopic (exact) mass is 440 g/mol. The van der Waals surface area contributed by atoms with Gasteiger partial charge in [-0.25, -0.2) is 9.59 Å². The van der Waals surface area contributed by atoms with Gasteiger partial charge in [0.25, 0.3) is 0 Å². The lowest BCUT2D eigenvalue weighted by Crippen LogP contribution is -2.07. The summed E-state index contributed by atoms with van der Waals surface area (Å²) in [6.07, 6.45) is 14.1. The van der Waals surface area contributed by atoms with Crippen LogP contribution in [0.25, 0.3) is 0 Å². The molecule has 7 nitrogen and oxygen atoms in total. The summed E-state index contributed by atoms with van der Waals surface area (Å²) in [7, 11) is 0. The summed E-state index contributed by atoms with van der Waals surface area (Å²) in [5.74, 6) is -1.11.